The van der Waals surface area contributed by atoms with Crippen molar-refractivity contribution < 1.29 is 18.1 Å². The maximum absolute atomic E-state index is 12.8. The summed E-state index contributed by atoms with van der Waals surface area (Å²) in [6, 6.07) is 4.95. The van der Waals surface area contributed by atoms with Crippen molar-refractivity contribution in [2.45, 2.75) is 17.4 Å². The number of hydrogen-bond donors (Lipinski definition) is 0. The van der Waals surface area contributed by atoms with Crippen LogP contribution in [0, 0.1) is 10.1 Å². The molecule has 2 rings (SSSR count). The SMILES string of the molecule is COCCN([C@@H]1CCSC1)S(=O)(=O)c1ccc([N+](=O)[O-])cc1. The molecular weight excluding hydrogens is 328 g/mol. The predicted molar refractivity (Wildman–Crippen MR) is 84.6 cm³/mol. The van der Waals surface area contributed by atoms with Gasteiger partial charge in [-0.05, 0) is 24.3 Å². The van der Waals surface area contributed by atoms with Crippen LogP contribution in [0.3, 0.4) is 0 Å². The number of methoxy groups -OCH3 is 1. The molecule has 7 nitrogen and oxygen atoms in total. The Bertz CT molecular complexity index is 612. The molecule has 1 atom stereocenters. The highest BCUT2D eigenvalue weighted by atomic mass is 32.2. The highest BCUT2D eigenvalue weighted by Crippen LogP contribution is 2.28. The number of thioether (sulfide) groups is 1. The summed E-state index contributed by atoms with van der Waals surface area (Å²) in [5, 5.41) is 10.7. The highest BCUT2D eigenvalue weighted by Gasteiger charge is 2.33. The van der Waals surface area contributed by atoms with E-state index in [1.807, 2.05) is 0 Å². The van der Waals surface area contributed by atoms with E-state index in [2.05, 4.69) is 0 Å². The molecule has 9 heteroatoms. The lowest BCUT2D eigenvalue weighted by Crippen LogP contribution is -2.42. The van der Waals surface area contributed by atoms with Crippen molar-refractivity contribution in [3.63, 3.8) is 0 Å². The average Bonchev–Trinajstić information content (AvgIpc) is 3.01. The summed E-state index contributed by atoms with van der Waals surface area (Å²) >= 11 is 1.73. The zero-order valence-electron chi connectivity index (χ0n) is 12.2. The van der Waals surface area contributed by atoms with Crippen LogP contribution in [0.1, 0.15) is 6.42 Å². The van der Waals surface area contributed by atoms with Gasteiger partial charge < -0.3 is 4.74 Å². The number of ether oxygens (including phenoxy) is 1. The molecule has 122 valence electrons. The molecule has 1 aromatic carbocycles. The van der Waals surface area contributed by atoms with E-state index in [9.17, 15) is 18.5 Å². The minimum atomic E-state index is -3.68. The number of nitro benzene ring substituents is 1. The van der Waals surface area contributed by atoms with Gasteiger partial charge in [-0.25, -0.2) is 8.42 Å². The zero-order valence-corrected chi connectivity index (χ0v) is 13.8. The Morgan fingerprint density at radius 2 is 2.09 bits per heavy atom. The maximum atomic E-state index is 12.8. The van der Waals surface area contributed by atoms with Gasteiger partial charge in [0.25, 0.3) is 5.69 Å². The Morgan fingerprint density at radius 1 is 1.41 bits per heavy atom. The van der Waals surface area contributed by atoms with E-state index in [1.54, 1.807) is 11.8 Å². The summed E-state index contributed by atoms with van der Waals surface area (Å²) in [6.45, 7) is 0.592. The first-order valence-corrected chi connectivity index (χ1v) is 9.39. The van der Waals surface area contributed by atoms with Crippen LogP contribution in [0.5, 0.6) is 0 Å². The Balaban J connectivity index is 2.28. The van der Waals surface area contributed by atoms with Crippen LogP contribution in [0.2, 0.25) is 0 Å². The number of benzene rings is 1. The Kier molecular flexibility index (Phi) is 5.79. The summed E-state index contributed by atoms with van der Waals surface area (Å²) in [7, 11) is -2.15. The molecule has 1 heterocycles. The number of non-ortho nitro benzene ring substituents is 1. The van der Waals surface area contributed by atoms with Crippen molar-refractivity contribution in [1.82, 2.24) is 4.31 Å². The molecule has 0 N–H and O–H groups in total. The van der Waals surface area contributed by atoms with Crippen LogP contribution in [0.25, 0.3) is 0 Å². The fraction of sp³-hybridized carbons (Fsp3) is 0.538. The summed E-state index contributed by atoms with van der Waals surface area (Å²) in [4.78, 5) is 10.2. The third-order valence-electron chi connectivity index (χ3n) is 3.48. The van der Waals surface area contributed by atoms with Crippen molar-refractivity contribution in [1.29, 1.82) is 0 Å². The van der Waals surface area contributed by atoms with Gasteiger partial charge in [0.05, 0.1) is 16.4 Å². The van der Waals surface area contributed by atoms with Gasteiger partial charge in [0.15, 0.2) is 0 Å². The molecule has 0 unspecified atom stereocenters. The van der Waals surface area contributed by atoms with Crippen molar-refractivity contribution in [2.24, 2.45) is 0 Å². The Labute approximate surface area is 133 Å². The molecule has 1 fully saturated rings. The topological polar surface area (TPSA) is 89.8 Å². The van der Waals surface area contributed by atoms with Gasteiger partial charge in [-0.3, -0.25) is 10.1 Å². The quantitative estimate of drug-likeness (QED) is 0.552. The molecule has 0 bridgehead atoms. The number of nitro groups is 1. The second kappa shape index (κ2) is 7.40. The first-order valence-electron chi connectivity index (χ1n) is 6.80. The first-order chi connectivity index (χ1) is 10.5. The summed E-state index contributed by atoms with van der Waals surface area (Å²) in [6.07, 6.45) is 0.806. The molecule has 0 aliphatic carbocycles. The van der Waals surface area contributed by atoms with Gasteiger partial charge in [-0.1, -0.05) is 0 Å². The van der Waals surface area contributed by atoms with E-state index >= 15 is 0 Å². The van der Waals surface area contributed by atoms with E-state index in [4.69, 9.17) is 4.74 Å². The van der Waals surface area contributed by atoms with Gasteiger partial charge in [0.1, 0.15) is 0 Å². The standard InChI is InChI=1S/C13H18N2O5S2/c1-20-8-7-14(12-6-9-21-10-12)22(18,19)13-4-2-11(3-5-13)15(16)17/h2-5,12H,6-10H2,1H3/t12-/m1/s1. The van der Waals surface area contributed by atoms with Gasteiger partial charge in [-0.2, -0.15) is 16.1 Å². The third kappa shape index (κ3) is 3.78. The maximum Gasteiger partial charge on any atom is 0.269 e. The Hall–Kier alpha value is -1.16. The number of sulfonamides is 1. The largest absolute Gasteiger partial charge is 0.383 e. The molecule has 0 radical (unpaired) electrons. The summed E-state index contributed by atoms with van der Waals surface area (Å²) in [5.74, 6) is 1.69. The second-order valence-electron chi connectivity index (χ2n) is 4.88. The van der Waals surface area contributed by atoms with Crippen LogP contribution < -0.4 is 0 Å². The number of nitrogens with zero attached hydrogens (tertiary/aromatic N) is 2. The van der Waals surface area contributed by atoms with E-state index in [1.165, 1.54) is 35.7 Å². The van der Waals surface area contributed by atoms with Crippen molar-refractivity contribution in [2.75, 3.05) is 31.8 Å². The monoisotopic (exact) mass is 346 g/mol. The van der Waals surface area contributed by atoms with Crippen molar-refractivity contribution >= 4 is 27.5 Å². The minimum Gasteiger partial charge on any atom is -0.383 e. The molecular formula is C13H18N2O5S2. The van der Waals surface area contributed by atoms with Crippen molar-refractivity contribution in [3.8, 4) is 0 Å². The van der Waals surface area contributed by atoms with E-state index in [0.29, 0.717) is 6.61 Å². The predicted octanol–water partition coefficient (Wildman–Crippen LogP) is 1.74. The lowest BCUT2D eigenvalue weighted by molar-refractivity contribution is -0.384. The minimum absolute atomic E-state index is 0.0552. The van der Waals surface area contributed by atoms with Crippen LogP contribution in [0.4, 0.5) is 5.69 Å². The number of rotatable bonds is 7. The molecule has 22 heavy (non-hydrogen) atoms. The van der Waals surface area contributed by atoms with Crippen molar-refractivity contribution in [3.05, 3.63) is 34.4 Å². The summed E-state index contributed by atoms with van der Waals surface area (Å²) in [5.41, 5.74) is -0.126. The van der Waals surface area contributed by atoms with Gasteiger partial charge in [0.2, 0.25) is 10.0 Å². The Morgan fingerprint density at radius 3 is 2.59 bits per heavy atom. The van der Waals surface area contributed by atoms with Crippen LogP contribution in [-0.4, -0.2) is 55.5 Å². The molecule has 1 aromatic rings. The van der Waals surface area contributed by atoms with Gasteiger partial charge in [-0.15, -0.1) is 0 Å². The highest BCUT2D eigenvalue weighted by molar-refractivity contribution is 7.99. The smallest absolute Gasteiger partial charge is 0.269 e. The lowest BCUT2D eigenvalue weighted by Gasteiger charge is -2.27. The molecule has 0 spiro atoms. The van der Waals surface area contributed by atoms with E-state index in [-0.39, 0.29) is 23.2 Å². The molecule has 1 saturated heterocycles. The van der Waals surface area contributed by atoms with Crippen LogP contribution >= 0.6 is 11.8 Å². The van der Waals surface area contributed by atoms with Crippen LogP contribution in [-0.2, 0) is 14.8 Å². The third-order valence-corrected chi connectivity index (χ3v) is 6.59. The zero-order chi connectivity index (χ0) is 16.2. The fourth-order valence-corrected chi connectivity index (χ4v) is 5.26. The first kappa shape index (κ1) is 17.2. The lowest BCUT2D eigenvalue weighted by atomic mass is 10.3. The second-order valence-corrected chi connectivity index (χ2v) is 7.92. The van der Waals surface area contributed by atoms with Gasteiger partial charge in [0, 0.05) is 37.6 Å². The molecule has 1 aliphatic rings. The van der Waals surface area contributed by atoms with E-state index in [0.717, 1.165) is 17.9 Å². The van der Waals surface area contributed by atoms with Crippen LogP contribution in [0.15, 0.2) is 29.2 Å². The molecule has 0 saturated carbocycles. The average molecular weight is 346 g/mol. The summed E-state index contributed by atoms with van der Waals surface area (Å²) < 4.78 is 32.1. The number of hydrogen-bond acceptors (Lipinski definition) is 6. The van der Waals surface area contributed by atoms with Gasteiger partial charge >= 0.3 is 0 Å². The normalized spacial score (nSPS) is 18.7. The fourth-order valence-electron chi connectivity index (χ4n) is 2.30. The van der Waals surface area contributed by atoms with E-state index < -0.39 is 14.9 Å². The molecule has 0 aromatic heterocycles. The molecule has 0 amide bonds. The molecule has 1 aliphatic heterocycles.